The lowest BCUT2D eigenvalue weighted by molar-refractivity contribution is 0.225. The molecule has 0 amide bonds. The number of piperazine rings is 1. The van der Waals surface area contributed by atoms with Crippen molar-refractivity contribution in [2.75, 3.05) is 44.2 Å². The minimum absolute atomic E-state index is 0.107. The number of aromatic nitrogens is 1. The second-order valence-electron chi connectivity index (χ2n) is 7.84. The van der Waals surface area contributed by atoms with Crippen LogP contribution in [0.25, 0.3) is 21.0 Å². The smallest absolute Gasteiger partial charge is 0.248 e. The van der Waals surface area contributed by atoms with Crippen molar-refractivity contribution in [1.82, 2.24) is 9.88 Å². The number of nitrogens with one attached hydrogen (secondary N) is 1. The molecule has 0 radical (unpaired) electrons. The first-order valence-electron chi connectivity index (χ1n) is 10.6. The molecule has 4 aromatic rings. The maximum absolute atomic E-state index is 13.7. The van der Waals surface area contributed by atoms with E-state index in [0.29, 0.717) is 6.61 Å². The summed E-state index contributed by atoms with van der Waals surface area (Å²) < 4.78 is 20.6. The van der Waals surface area contributed by atoms with Crippen LogP contribution in [0.1, 0.15) is 6.42 Å². The largest absolute Gasteiger partial charge is 0.493 e. The lowest BCUT2D eigenvalue weighted by Crippen LogP contribution is -2.46. The zero-order chi connectivity index (χ0) is 21.2. The van der Waals surface area contributed by atoms with Crippen LogP contribution in [0.2, 0.25) is 0 Å². The van der Waals surface area contributed by atoms with Gasteiger partial charge in [-0.25, -0.2) is 0 Å². The molecule has 0 bridgehead atoms. The average Bonchev–Trinajstić information content (AvgIpc) is 3.17. The van der Waals surface area contributed by atoms with Crippen molar-refractivity contribution < 1.29 is 9.13 Å². The van der Waals surface area contributed by atoms with Crippen LogP contribution in [-0.2, 0) is 0 Å². The molecule has 3 heterocycles. The summed E-state index contributed by atoms with van der Waals surface area (Å²) in [5.41, 5.74) is 1.82. The number of aromatic amines is 1. The zero-order valence-corrected chi connectivity index (χ0v) is 18.0. The number of ether oxygens (including phenoxy) is 1. The predicted molar refractivity (Wildman–Crippen MR) is 125 cm³/mol. The van der Waals surface area contributed by atoms with E-state index in [-0.39, 0.29) is 10.7 Å². The second-order valence-corrected chi connectivity index (χ2v) is 8.88. The van der Waals surface area contributed by atoms with Gasteiger partial charge in [-0.3, -0.25) is 9.69 Å². The molecule has 0 aliphatic carbocycles. The van der Waals surface area contributed by atoms with Crippen molar-refractivity contribution in [3.8, 4) is 5.75 Å². The number of hydrogen-bond acceptors (Lipinski definition) is 5. The van der Waals surface area contributed by atoms with Crippen LogP contribution in [0.5, 0.6) is 5.75 Å². The molecule has 2 aromatic carbocycles. The first-order valence-corrected chi connectivity index (χ1v) is 11.4. The van der Waals surface area contributed by atoms with Gasteiger partial charge in [-0.15, -0.1) is 11.3 Å². The number of nitrogens with zero attached hydrogens (tertiary/aromatic N) is 2. The summed E-state index contributed by atoms with van der Waals surface area (Å²) >= 11 is 1.21. The molecular weight excluding hydrogens is 413 g/mol. The number of anilines is 1. The number of rotatable bonds is 6. The molecule has 0 unspecified atom stereocenters. The summed E-state index contributed by atoms with van der Waals surface area (Å²) in [7, 11) is 0. The quantitative estimate of drug-likeness (QED) is 0.452. The van der Waals surface area contributed by atoms with Gasteiger partial charge in [-0.1, -0.05) is 6.07 Å². The highest BCUT2D eigenvalue weighted by Crippen LogP contribution is 2.33. The Kier molecular flexibility index (Phi) is 5.61. The molecule has 31 heavy (non-hydrogen) atoms. The van der Waals surface area contributed by atoms with E-state index in [2.05, 4.69) is 20.9 Å². The molecular formula is C24H24FN3O2S. The number of thiophene rings is 1. The fraction of sp³-hybridized carbons (Fsp3) is 0.292. The highest BCUT2D eigenvalue weighted by atomic mass is 32.1. The minimum atomic E-state index is -0.126. The van der Waals surface area contributed by atoms with Crippen molar-refractivity contribution in [1.29, 1.82) is 0 Å². The van der Waals surface area contributed by atoms with Gasteiger partial charge in [0.2, 0.25) is 5.56 Å². The van der Waals surface area contributed by atoms with E-state index in [1.54, 1.807) is 6.07 Å². The molecule has 0 spiro atoms. The summed E-state index contributed by atoms with van der Waals surface area (Å²) in [6.07, 6.45) is 0.939. The molecule has 1 aliphatic rings. The van der Waals surface area contributed by atoms with Gasteiger partial charge < -0.3 is 14.6 Å². The Hall–Kier alpha value is -2.90. The summed E-state index contributed by atoms with van der Waals surface area (Å²) in [4.78, 5) is 19.1. The fourth-order valence-corrected chi connectivity index (χ4v) is 5.01. The third-order valence-electron chi connectivity index (χ3n) is 5.81. The third-order valence-corrected chi connectivity index (χ3v) is 6.69. The van der Waals surface area contributed by atoms with E-state index in [1.807, 2.05) is 36.4 Å². The number of hydrogen-bond donors (Lipinski definition) is 1. The first-order chi connectivity index (χ1) is 15.2. The Morgan fingerprint density at radius 3 is 2.74 bits per heavy atom. The van der Waals surface area contributed by atoms with Gasteiger partial charge in [0.15, 0.2) is 5.13 Å². The van der Waals surface area contributed by atoms with Crippen LogP contribution < -0.4 is 15.2 Å². The Bertz CT molecular complexity index is 1260. The van der Waals surface area contributed by atoms with Crippen molar-refractivity contribution >= 4 is 38.0 Å². The molecule has 0 atom stereocenters. The SMILES string of the molecule is O=c1ccc2ccc(OCCCN3CCN(c4cccc5sc(F)cc45)CC3)cc2[nH]1. The van der Waals surface area contributed by atoms with Crippen LogP contribution in [0.4, 0.5) is 10.1 Å². The average molecular weight is 438 g/mol. The molecule has 1 fully saturated rings. The highest BCUT2D eigenvalue weighted by Gasteiger charge is 2.19. The zero-order valence-electron chi connectivity index (χ0n) is 17.1. The summed E-state index contributed by atoms with van der Waals surface area (Å²) in [6.45, 7) is 5.47. The van der Waals surface area contributed by atoms with E-state index in [0.717, 1.165) is 71.6 Å². The van der Waals surface area contributed by atoms with Crippen molar-refractivity contribution in [2.24, 2.45) is 0 Å². The lowest BCUT2D eigenvalue weighted by Gasteiger charge is -2.36. The maximum atomic E-state index is 13.7. The molecule has 0 saturated carbocycles. The summed E-state index contributed by atoms with van der Waals surface area (Å²) in [5.74, 6) is 0.773. The molecule has 160 valence electrons. The van der Waals surface area contributed by atoms with Gasteiger partial charge in [0.25, 0.3) is 0 Å². The fourth-order valence-electron chi connectivity index (χ4n) is 4.20. The molecule has 7 heteroatoms. The number of halogens is 1. The molecule has 5 nitrogen and oxygen atoms in total. The standard InChI is InChI=1S/C24H24FN3O2S/c25-23-16-19-21(3-1-4-22(19)31-23)28-12-10-27(11-13-28)9-2-14-30-18-7-5-17-6-8-24(29)26-20(17)15-18/h1,3-8,15-16H,2,9-14H2,(H,26,29). The number of pyridine rings is 1. The van der Waals surface area contributed by atoms with Gasteiger partial charge in [-0.05, 0) is 48.2 Å². The second kappa shape index (κ2) is 8.69. The molecule has 2 aromatic heterocycles. The van der Waals surface area contributed by atoms with Crippen LogP contribution in [0.15, 0.2) is 59.4 Å². The molecule has 1 saturated heterocycles. The topological polar surface area (TPSA) is 48.6 Å². The highest BCUT2D eigenvalue weighted by molar-refractivity contribution is 7.17. The van der Waals surface area contributed by atoms with E-state index in [9.17, 15) is 9.18 Å². The van der Waals surface area contributed by atoms with E-state index in [1.165, 1.54) is 17.4 Å². The van der Waals surface area contributed by atoms with Crippen LogP contribution in [0, 0.1) is 5.13 Å². The normalized spacial score (nSPS) is 15.1. The van der Waals surface area contributed by atoms with Crippen LogP contribution in [0.3, 0.4) is 0 Å². The Balaban J connectivity index is 1.11. The maximum Gasteiger partial charge on any atom is 0.248 e. The third kappa shape index (κ3) is 4.43. The number of fused-ring (bicyclic) bond motifs is 2. The Morgan fingerprint density at radius 1 is 1.03 bits per heavy atom. The van der Waals surface area contributed by atoms with E-state index in [4.69, 9.17) is 4.74 Å². The number of H-pyrrole nitrogens is 1. The molecule has 1 aliphatic heterocycles. The monoisotopic (exact) mass is 437 g/mol. The van der Waals surface area contributed by atoms with Gasteiger partial charge >= 0.3 is 0 Å². The van der Waals surface area contributed by atoms with Crippen LogP contribution in [-0.4, -0.2) is 49.2 Å². The van der Waals surface area contributed by atoms with E-state index < -0.39 is 0 Å². The van der Waals surface area contributed by atoms with Gasteiger partial charge in [0.1, 0.15) is 5.75 Å². The van der Waals surface area contributed by atoms with Gasteiger partial charge in [0, 0.05) is 60.6 Å². The Labute approximate surface area is 183 Å². The Morgan fingerprint density at radius 2 is 1.87 bits per heavy atom. The minimum Gasteiger partial charge on any atom is -0.493 e. The number of benzene rings is 2. The summed E-state index contributed by atoms with van der Waals surface area (Å²) in [6, 6.07) is 16.9. The molecule has 1 N–H and O–H groups in total. The van der Waals surface area contributed by atoms with Crippen molar-refractivity contribution in [3.05, 3.63) is 70.1 Å². The van der Waals surface area contributed by atoms with E-state index >= 15 is 0 Å². The predicted octanol–water partition coefficient (Wildman–Crippen LogP) is 4.47. The van der Waals surface area contributed by atoms with Crippen molar-refractivity contribution in [3.63, 3.8) is 0 Å². The lowest BCUT2D eigenvalue weighted by atomic mass is 10.2. The van der Waals surface area contributed by atoms with Gasteiger partial charge in [0.05, 0.1) is 12.1 Å². The first kappa shape index (κ1) is 20.0. The van der Waals surface area contributed by atoms with Crippen molar-refractivity contribution in [2.45, 2.75) is 6.42 Å². The molecule has 5 rings (SSSR count). The summed E-state index contributed by atoms with van der Waals surface area (Å²) in [5, 5.41) is 1.88. The van der Waals surface area contributed by atoms with Crippen LogP contribution >= 0.6 is 11.3 Å². The van der Waals surface area contributed by atoms with Gasteiger partial charge in [-0.2, -0.15) is 4.39 Å².